The summed E-state index contributed by atoms with van der Waals surface area (Å²) in [5, 5.41) is 11.5. The summed E-state index contributed by atoms with van der Waals surface area (Å²) in [7, 11) is 1.47. The summed E-state index contributed by atoms with van der Waals surface area (Å²) in [5.74, 6) is 0.188. The summed E-state index contributed by atoms with van der Waals surface area (Å²) in [4.78, 5) is 41.0. The van der Waals surface area contributed by atoms with Gasteiger partial charge >= 0.3 is 11.8 Å². The van der Waals surface area contributed by atoms with Gasteiger partial charge in [0.15, 0.2) is 11.5 Å². The lowest BCUT2D eigenvalue weighted by Gasteiger charge is -2.25. The first-order valence-corrected chi connectivity index (χ1v) is 11.9. The second-order valence-corrected chi connectivity index (χ2v) is 9.04. The van der Waals surface area contributed by atoms with E-state index in [1.54, 1.807) is 23.1 Å². The van der Waals surface area contributed by atoms with Crippen LogP contribution in [-0.4, -0.2) is 48.1 Å². The molecule has 3 aromatic carbocycles. The molecule has 0 unspecified atom stereocenters. The fourth-order valence-corrected chi connectivity index (χ4v) is 4.71. The van der Waals surface area contributed by atoms with Crippen molar-refractivity contribution in [2.45, 2.75) is 19.1 Å². The van der Waals surface area contributed by atoms with Gasteiger partial charge in [0.25, 0.3) is 5.91 Å². The van der Waals surface area contributed by atoms with Crippen molar-refractivity contribution in [2.24, 2.45) is 0 Å². The molecule has 5 rings (SSSR count). The number of nitro groups is 1. The number of benzene rings is 3. The highest BCUT2D eigenvalue weighted by atomic mass is 16.6. The number of carbonyl (C=O) groups excluding carboxylic acids is 2. The standard InChI is InChI=1S/C28H25N3O7/c1-18-12-20-16-30(28(33)38-24-11-7-6-10-22(24)31(34)35)23-14-26(37-17-19-8-4-3-5-9-19)25(36-2)13-21(23)27(32)29(20)15-18/h3-11,13-14,20H,1,12,15-17H2,2H3/t20-/m0/s1. The topological polar surface area (TPSA) is 111 Å². The molecule has 2 heterocycles. The average molecular weight is 516 g/mol. The second-order valence-electron chi connectivity index (χ2n) is 9.04. The number of amides is 2. The largest absolute Gasteiger partial charge is 0.493 e. The van der Waals surface area contributed by atoms with Gasteiger partial charge in [-0.05, 0) is 24.1 Å². The lowest BCUT2D eigenvalue weighted by Crippen LogP contribution is -2.43. The number of methoxy groups -OCH3 is 1. The van der Waals surface area contributed by atoms with Crippen LogP contribution in [-0.2, 0) is 6.61 Å². The van der Waals surface area contributed by atoms with Crippen LogP contribution < -0.4 is 19.1 Å². The molecule has 0 aromatic heterocycles. The predicted molar refractivity (Wildman–Crippen MR) is 139 cm³/mol. The summed E-state index contributed by atoms with van der Waals surface area (Å²) < 4.78 is 17.1. The van der Waals surface area contributed by atoms with Crippen molar-refractivity contribution in [1.82, 2.24) is 4.90 Å². The van der Waals surface area contributed by atoms with Gasteiger partial charge in [-0.25, -0.2) is 4.79 Å². The van der Waals surface area contributed by atoms with E-state index in [0.717, 1.165) is 11.1 Å². The van der Waals surface area contributed by atoms with Crippen molar-refractivity contribution < 1.29 is 28.7 Å². The minimum atomic E-state index is -0.855. The molecule has 194 valence electrons. The van der Waals surface area contributed by atoms with E-state index < -0.39 is 11.0 Å². The van der Waals surface area contributed by atoms with Crippen LogP contribution in [0.3, 0.4) is 0 Å². The zero-order chi connectivity index (χ0) is 26.8. The first-order chi connectivity index (χ1) is 18.4. The number of nitrogens with zero attached hydrogens (tertiary/aromatic N) is 3. The molecule has 2 amide bonds. The van der Waals surface area contributed by atoms with Crippen LogP contribution in [0.15, 0.2) is 78.9 Å². The molecular weight excluding hydrogens is 490 g/mol. The molecule has 2 aliphatic rings. The first kappa shape index (κ1) is 24.8. The van der Waals surface area contributed by atoms with Crippen LogP contribution >= 0.6 is 0 Å². The molecular formula is C28H25N3O7. The minimum absolute atomic E-state index is 0.113. The molecule has 1 saturated heterocycles. The van der Waals surface area contributed by atoms with Crippen LogP contribution in [0.2, 0.25) is 0 Å². The minimum Gasteiger partial charge on any atom is -0.493 e. The third-order valence-corrected chi connectivity index (χ3v) is 6.53. The monoisotopic (exact) mass is 515 g/mol. The third kappa shape index (κ3) is 4.75. The predicted octanol–water partition coefficient (Wildman–Crippen LogP) is 4.97. The fourth-order valence-electron chi connectivity index (χ4n) is 4.71. The van der Waals surface area contributed by atoms with Crippen molar-refractivity contribution in [3.05, 3.63) is 100 Å². The molecule has 0 aliphatic carbocycles. The Morgan fingerprint density at radius 2 is 1.82 bits per heavy atom. The molecule has 1 atom stereocenters. The molecule has 3 aromatic rings. The summed E-state index contributed by atoms with van der Waals surface area (Å²) in [6.45, 7) is 4.73. The molecule has 0 bridgehead atoms. The van der Waals surface area contributed by atoms with Crippen LogP contribution in [0, 0.1) is 10.1 Å². The van der Waals surface area contributed by atoms with Gasteiger partial charge in [-0.1, -0.05) is 54.6 Å². The van der Waals surface area contributed by atoms with Gasteiger partial charge in [-0.15, -0.1) is 0 Å². The van der Waals surface area contributed by atoms with Crippen molar-refractivity contribution in [3.63, 3.8) is 0 Å². The number of nitro benzene ring substituents is 1. The normalized spacial score (nSPS) is 16.4. The lowest BCUT2D eigenvalue weighted by atomic mass is 10.1. The Balaban J connectivity index is 1.55. The number of hydrogen-bond donors (Lipinski definition) is 0. The van der Waals surface area contributed by atoms with E-state index in [0.29, 0.717) is 24.5 Å². The number of fused-ring (bicyclic) bond motifs is 2. The van der Waals surface area contributed by atoms with Gasteiger partial charge in [0.05, 0.1) is 35.9 Å². The zero-order valence-corrected chi connectivity index (χ0v) is 20.7. The van der Waals surface area contributed by atoms with Gasteiger partial charge in [0.1, 0.15) is 6.61 Å². The van der Waals surface area contributed by atoms with Crippen LogP contribution in [0.1, 0.15) is 22.3 Å². The van der Waals surface area contributed by atoms with E-state index in [2.05, 4.69) is 6.58 Å². The lowest BCUT2D eigenvalue weighted by molar-refractivity contribution is -0.385. The molecule has 38 heavy (non-hydrogen) atoms. The smallest absolute Gasteiger partial charge is 0.420 e. The van der Waals surface area contributed by atoms with E-state index in [-0.39, 0.29) is 47.8 Å². The third-order valence-electron chi connectivity index (χ3n) is 6.53. The highest BCUT2D eigenvalue weighted by Crippen LogP contribution is 2.41. The highest BCUT2D eigenvalue weighted by molar-refractivity contribution is 6.06. The van der Waals surface area contributed by atoms with Crippen molar-refractivity contribution in [2.75, 3.05) is 25.1 Å². The maximum Gasteiger partial charge on any atom is 0.420 e. The maximum absolute atomic E-state index is 13.6. The first-order valence-electron chi connectivity index (χ1n) is 11.9. The molecule has 1 fully saturated rings. The average Bonchev–Trinajstić information content (AvgIpc) is 3.25. The van der Waals surface area contributed by atoms with Crippen molar-refractivity contribution in [3.8, 4) is 17.2 Å². The molecule has 10 heteroatoms. The molecule has 0 spiro atoms. The SMILES string of the molecule is C=C1C[C@H]2CN(C(=O)Oc3ccccc3[N+](=O)[O-])c3cc(OCc4ccccc4)c(OC)cc3C(=O)N2C1. The summed E-state index contributed by atoms with van der Waals surface area (Å²) in [6.07, 6.45) is -0.337. The Morgan fingerprint density at radius 3 is 2.55 bits per heavy atom. The van der Waals surface area contributed by atoms with E-state index in [4.69, 9.17) is 14.2 Å². The maximum atomic E-state index is 13.6. The zero-order valence-electron chi connectivity index (χ0n) is 20.7. The van der Waals surface area contributed by atoms with E-state index >= 15 is 0 Å². The summed E-state index contributed by atoms with van der Waals surface area (Å²) in [6, 6.07) is 17.9. The van der Waals surface area contributed by atoms with Crippen LogP contribution in [0.4, 0.5) is 16.2 Å². The Kier molecular flexibility index (Phi) is 6.69. The quantitative estimate of drug-likeness (QED) is 0.259. The number of carbonyl (C=O) groups is 2. The van der Waals surface area contributed by atoms with E-state index in [1.165, 1.54) is 30.2 Å². The van der Waals surface area contributed by atoms with Crippen LogP contribution in [0.5, 0.6) is 17.2 Å². The number of anilines is 1. The van der Waals surface area contributed by atoms with Crippen LogP contribution in [0.25, 0.3) is 0 Å². The number of hydrogen-bond acceptors (Lipinski definition) is 7. The van der Waals surface area contributed by atoms with Crippen molar-refractivity contribution in [1.29, 1.82) is 0 Å². The number of rotatable bonds is 6. The van der Waals surface area contributed by atoms with Gasteiger partial charge in [0.2, 0.25) is 5.75 Å². The highest BCUT2D eigenvalue weighted by Gasteiger charge is 2.41. The van der Waals surface area contributed by atoms with Crippen molar-refractivity contribution >= 4 is 23.4 Å². The van der Waals surface area contributed by atoms with Gasteiger partial charge in [0, 0.05) is 18.7 Å². The van der Waals surface area contributed by atoms with Gasteiger partial charge in [-0.3, -0.25) is 19.8 Å². The molecule has 0 radical (unpaired) electrons. The fraction of sp³-hybridized carbons (Fsp3) is 0.214. The number of para-hydroxylation sites is 2. The summed E-state index contributed by atoms with van der Waals surface area (Å²) in [5.41, 5.74) is 1.94. The molecule has 10 nitrogen and oxygen atoms in total. The molecule has 0 N–H and O–H groups in total. The van der Waals surface area contributed by atoms with E-state index in [9.17, 15) is 19.7 Å². The molecule has 2 aliphatic heterocycles. The van der Waals surface area contributed by atoms with Gasteiger partial charge in [-0.2, -0.15) is 0 Å². The Morgan fingerprint density at radius 1 is 1.08 bits per heavy atom. The number of ether oxygens (including phenoxy) is 3. The Hall–Kier alpha value is -4.86. The Bertz CT molecular complexity index is 1420. The van der Waals surface area contributed by atoms with Gasteiger partial charge < -0.3 is 19.1 Å². The van der Waals surface area contributed by atoms with E-state index in [1.807, 2.05) is 30.3 Å². The second kappa shape index (κ2) is 10.3. The Labute approximate surface area is 218 Å². The molecule has 0 saturated carbocycles. The summed E-state index contributed by atoms with van der Waals surface area (Å²) >= 11 is 0.